The summed E-state index contributed by atoms with van der Waals surface area (Å²) in [6.07, 6.45) is 1.25. The SMILES string of the molecule is NC(=Nc1cc(CCc2cccc(C(=O)c3ccccc3)c2)no1)NCC(=O)O. The molecule has 29 heavy (non-hydrogen) atoms. The molecule has 0 atom stereocenters. The van der Waals surface area contributed by atoms with Crippen LogP contribution in [0.15, 0.2) is 70.2 Å². The quantitative estimate of drug-likeness (QED) is 0.304. The molecule has 8 nitrogen and oxygen atoms in total. The van der Waals surface area contributed by atoms with E-state index in [1.807, 2.05) is 36.4 Å². The van der Waals surface area contributed by atoms with Gasteiger partial charge < -0.3 is 20.7 Å². The van der Waals surface area contributed by atoms with Gasteiger partial charge in [-0.05, 0) is 24.5 Å². The van der Waals surface area contributed by atoms with Crippen LogP contribution in [0, 0.1) is 0 Å². The predicted octanol–water partition coefficient (Wildman–Crippen LogP) is 2.31. The summed E-state index contributed by atoms with van der Waals surface area (Å²) in [7, 11) is 0. The third-order valence-corrected chi connectivity index (χ3v) is 4.09. The van der Waals surface area contributed by atoms with E-state index in [2.05, 4.69) is 15.5 Å². The Hall–Kier alpha value is -3.94. The molecular weight excluding hydrogens is 372 g/mol. The second-order valence-corrected chi connectivity index (χ2v) is 6.30. The number of aryl methyl sites for hydroxylation is 2. The Morgan fingerprint density at radius 1 is 1.03 bits per heavy atom. The zero-order valence-electron chi connectivity index (χ0n) is 15.5. The van der Waals surface area contributed by atoms with Crippen molar-refractivity contribution < 1.29 is 19.2 Å². The van der Waals surface area contributed by atoms with Gasteiger partial charge in [-0.2, -0.15) is 4.99 Å². The molecule has 1 heterocycles. The van der Waals surface area contributed by atoms with Crippen molar-refractivity contribution in [1.82, 2.24) is 10.5 Å². The highest BCUT2D eigenvalue weighted by Gasteiger charge is 2.10. The minimum Gasteiger partial charge on any atom is -0.480 e. The van der Waals surface area contributed by atoms with Crippen molar-refractivity contribution in [3.8, 4) is 0 Å². The van der Waals surface area contributed by atoms with Crippen molar-refractivity contribution in [3.05, 3.63) is 83.0 Å². The lowest BCUT2D eigenvalue weighted by Gasteiger charge is -2.04. The van der Waals surface area contributed by atoms with Crippen LogP contribution in [0.1, 0.15) is 27.2 Å². The summed E-state index contributed by atoms with van der Waals surface area (Å²) in [5.74, 6) is -0.949. The summed E-state index contributed by atoms with van der Waals surface area (Å²) in [4.78, 5) is 27.0. The van der Waals surface area contributed by atoms with Crippen molar-refractivity contribution in [3.63, 3.8) is 0 Å². The number of carboxylic acid groups (broad SMARTS) is 1. The second kappa shape index (κ2) is 9.32. The van der Waals surface area contributed by atoms with E-state index in [0.29, 0.717) is 29.7 Å². The Balaban J connectivity index is 1.61. The minimum atomic E-state index is -1.05. The van der Waals surface area contributed by atoms with Crippen LogP contribution in [0.2, 0.25) is 0 Å². The predicted molar refractivity (Wildman–Crippen MR) is 107 cm³/mol. The van der Waals surface area contributed by atoms with Crippen molar-refractivity contribution in [1.29, 1.82) is 0 Å². The highest BCUT2D eigenvalue weighted by molar-refractivity contribution is 6.09. The molecular formula is C21H20N4O4. The van der Waals surface area contributed by atoms with Gasteiger partial charge in [0.15, 0.2) is 11.7 Å². The number of guanidine groups is 1. The van der Waals surface area contributed by atoms with Crippen LogP contribution in [0.5, 0.6) is 0 Å². The average Bonchev–Trinajstić information content (AvgIpc) is 3.18. The zero-order chi connectivity index (χ0) is 20.6. The standard InChI is InChI=1S/C21H20N4O4/c22-21(23-13-19(26)27)24-18-12-17(25-29-18)10-9-14-5-4-8-16(11-14)20(28)15-6-2-1-3-7-15/h1-8,11-12H,9-10,13H2,(H,26,27)(H3,22,23,24). The van der Waals surface area contributed by atoms with E-state index < -0.39 is 5.97 Å². The van der Waals surface area contributed by atoms with Crippen LogP contribution in [0.4, 0.5) is 5.88 Å². The zero-order valence-corrected chi connectivity index (χ0v) is 15.5. The molecule has 1 aromatic heterocycles. The molecule has 3 rings (SSSR count). The lowest BCUT2D eigenvalue weighted by Crippen LogP contribution is -2.35. The fourth-order valence-electron chi connectivity index (χ4n) is 2.69. The highest BCUT2D eigenvalue weighted by atomic mass is 16.5. The van der Waals surface area contributed by atoms with Crippen molar-refractivity contribution in [2.75, 3.05) is 6.54 Å². The molecule has 0 saturated carbocycles. The molecule has 0 unspecified atom stereocenters. The number of nitrogens with zero attached hydrogens (tertiary/aromatic N) is 2. The molecule has 0 fully saturated rings. The monoisotopic (exact) mass is 392 g/mol. The molecule has 8 heteroatoms. The van der Waals surface area contributed by atoms with Gasteiger partial charge >= 0.3 is 5.97 Å². The molecule has 0 aliphatic heterocycles. The molecule has 0 spiro atoms. The first-order valence-corrected chi connectivity index (χ1v) is 8.95. The van der Waals surface area contributed by atoms with E-state index in [0.717, 1.165) is 5.56 Å². The van der Waals surface area contributed by atoms with Gasteiger partial charge in [0, 0.05) is 17.2 Å². The first kappa shape index (κ1) is 19.8. The molecule has 0 radical (unpaired) electrons. The van der Waals surface area contributed by atoms with Gasteiger partial charge in [-0.3, -0.25) is 9.59 Å². The van der Waals surface area contributed by atoms with E-state index in [4.69, 9.17) is 15.4 Å². The van der Waals surface area contributed by atoms with E-state index in [-0.39, 0.29) is 24.2 Å². The number of aliphatic carboxylic acids is 1. The van der Waals surface area contributed by atoms with E-state index in [1.165, 1.54) is 0 Å². The molecule has 0 saturated heterocycles. The third-order valence-electron chi connectivity index (χ3n) is 4.09. The molecule has 0 aliphatic carbocycles. The molecule has 0 aliphatic rings. The van der Waals surface area contributed by atoms with Gasteiger partial charge in [0.25, 0.3) is 5.88 Å². The maximum atomic E-state index is 12.6. The summed E-state index contributed by atoms with van der Waals surface area (Å²) in [5.41, 5.74) is 8.54. The number of benzene rings is 2. The number of nitrogens with two attached hydrogens (primary N) is 1. The lowest BCUT2D eigenvalue weighted by atomic mass is 9.99. The minimum absolute atomic E-state index is 0.0187. The molecule has 0 bridgehead atoms. The average molecular weight is 392 g/mol. The summed E-state index contributed by atoms with van der Waals surface area (Å²) >= 11 is 0. The second-order valence-electron chi connectivity index (χ2n) is 6.30. The molecule has 3 aromatic rings. The number of carboxylic acids is 1. The van der Waals surface area contributed by atoms with Crippen LogP contribution in [0.3, 0.4) is 0 Å². The smallest absolute Gasteiger partial charge is 0.322 e. The number of aromatic nitrogens is 1. The van der Waals surface area contributed by atoms with Crippen molar-refractivity contribution in [2.24, 2.45) is 10.7 Å². The molecule has 0 amide bonds. The Bertz CT molecular complexity index is 1030. The Kier molecular flexibility index (Phi) is 6.36. The summed E-state index contributed by atoms with van der Waals surface area (Å²) in [5, 5.41) is 15.0. The Labute approximate surface area is 167 Å². The molecule has 4 N–H and O–H groups in total. The first-order chi connectivity index (χ1) is 14.0. The van der Waals surface area contributed by atoms with Crippen LogP contribution in [-0.4, -0.2) is 34.5 Å². The van der Waals surface area contributed by atoms with Crippen LogP contribution < -0.4 is 11.1 Å². The highest BCUT2D eigenvalue weighted by Crippen LogP contribution is 2.17. The summed E-state index contributed by atoms with van der Waals surface area (Å²) in [6, 6.07) is 18.3. The summed E-state index contributed by atoms with van der Waals surface area (Å²) in [6.45, 7) is -0.339. The van der Waals surface area contributed by atoms with Crippen LogP contribution in [0.25, 0.3) is 0 Å². The van der Waals surface area contributed by atoms with Gasteiger partial charge in [-0.1, -0.05) is 53.7 Å². The van der Waals surface area contributed by atoms with E-state index in [1.54, 1.807) is 24.3 Å². The third kappa shape index (κ3) is 5.77. The van der Waals surface area contributed by atoms with E-state index >= 15 is 0 Å². The maximum absolute atomic E-state index is 12.6. The number of carbonyl (C=O) groups excluding carboxylic acids is 1. The number of hydrogen-bond donors (Lipinski definition) is 3. The molecule has 148 valence electrons. The number of carbonyl (C=O) groups is 2. The van der Waals surface area contributed by atoms with Crippen molar-refractivity contribution >= 4 is 23.6 Å². The van der Waals surface area contributed by atoms with Gasteiger partial charge in [0.05, 0.1) is 5.69 Å². The maximum Gasteiger partial charge on any atom is 0.322 e. The summed E-state index contributed by atoms with van der Waals surface area (Å²) < 4.78 is 5.09. The lowest BCUT2D eigenvalue weighted by molar-refractivity contribution is -0.135. The van der Waals surface area contributed by atoms with Gasteiger partial charge in [-0.25, -0.2) is 0 Å². The van der Waals surface area contributed by atoms with Crippen LogP contribution >= 0.6 is 0 Å². The number of ketones is 1. The topological polar surface area (TPSA) is 131 Å². The van der Waals surface area contributed by atoms with Crippen molar-refractivity contribution in [2.45, 2.75) is 12.8 Å². The number of rotatable bonds is 8. The first-order valence-electron chi connectivity index (χ1n) is 8.95. The Morgan fingerprint density at radius 3 is 2.55 bits per heavy atom. The fraction of sp³-hybridized carbons (Fsp3) is 0.143. The van der Waals surface area contributed by atoms with Crippen LogP contribution in [-0.2, 0) is 17.6 Å². The normalized spacial score (nSPS) is 11.2. The fourth-order valence-corrected chi connectivity index (χ4v) is 2.69. The molecule has 2 aromatic carbocycles. The van der Waals surface area contributed by atoms with Gasteiger partial charge in [-0.15, -0.1) is 0 Å². The number of nitrogens with one attached hydrogen (secondary N) is 1. The largest absolute Gasteiger partial charge is 0.480 e. The Morgan fingerprint density at radius 2 is 1.79 bits per heavy atom. The van der Waals surface area contributed by atoms with Gasteiger partial charge in [0.2, 0.25) is 0 Å². The van der Waals surface area contributed by atoms with E-state index in [9.17, 15) is 9.59 Å². The number of aliphatic imine (C=N–C) groups is 1. The van der Waals surface area contributed by atoms with Gasteiger partial charge in [0.1, 0.15) is 6.54 Å². The number of hydrogen-bond acceptors (Lipinski definition) is 5.